The summed E-state index contributed by atoms with van der Waals surface area (Å²) in [7, 11) is 1.96. The van der Waals surface area contributed by atoms with E-state index < -0.39 is 0 Å². The maximum Gasteiger partial charge on any atom is 0.373 e. The van der Waals surface area contributed by atoms with Gasteiger partial charge in [-0.05, 0) is 37.3 Å². The quantitative estimate of drug-likeness (QED) is 0.687. The Morgan fingerprint density at radius 1 is 1.55 bits per heavy atom. The monoisotopic (exact) mass is 295 g/mol. The Balaban J connectivity index is 1.85. The first-order chi connectivity index (χ1) is 9.70. The van der Waals surface area contributed by atoms with Gasteiger partial charge in [-0.1, -0.05) is 11.3 Å². The SMILES string of the molecule is CNCC1CCN(c2nc3sccn3c2[N+](=O)[O-])CC1. The third-order valence-electron chi connectivity index (χ3n) is 3.80. The average molecular weight is 295 g/mol. The van der Waals surface area contributed by atoms with E-state index in [-0.39, 0.29) is 10.7 Å². The molecular weight excluding hydrogens is 278 g/mol. The summed E-state index contributed by atoms with van der Waals surface area (Å²) in [5.41, 5.74) is 0. The molecule has 3 rings (SSSR count). The fourth-order valence-corrected chi connectivity index (χ4v) is 3.49. The van der Waals surface area contributed by atoms with Crippen LogP contribution in [0, 0.1) is 16.0 Å². The second-order valence-electron chi connectivity index (χ2n) is 5.06. The van der Waals surface area contributed by atoms with Crippen molar-refractivity contribution in [3.05, 3.63) is 21.7 Å². The van der Waals surface area contributed by atoms with Crippen LogP contribution in [0.15, 0.2) is 11.6 Å². The summed E-state index contributed by atoms with van der Waals surface area (Å²) < 4.78 is 1.57. The van der Waals surface area contributed by atoms with E-state index in [2.05, 4.69) is 10.3 Å². The van der Waals surface area contributed by atoms with E-state index in [1.54, 1.807) is 10.6 Å². The number of nitro groups is 1. The van der Waals surface area contributed by atoms with Gasteiger partial charge in [0.25, 0.3) is 4.96 Å². The number of fused-ring (bicyclic) bond motifs is 1. The lowest BCUT2D eigenvalue weighted by Gasteiger charge is -2.31. The molecule has 0 unspecified atom stereocenters. The van der Waals surface area contributed by atoms with Crippen molar-refractivity contribution in [3.8, 4) is 0 Å². The van der Waals surface area contributed by atoms with Gasteiger partial charge in [0.05, 0.1) is 0 Å². The predicted octanol–water partition coefficient (Wildman–Crippen LogP) is 1.74. The Hall–Kier alpha value is -1.67. The molecule has 0 radical (unpaired) electrons. The first kappa shape index (κ1) is 13.3. The lowest BCUT2D eigenvalue weighted by molar-refractivity contribution is -0.389. The Kier molecular flexibility index (Phi) is 3.58. The average Bonchev–Trinajstić information content (AvgIpc) is 2.99. The minimum absolute atomic E-state index is 0.0910. The van der Waals surface area contributed by atoms with Crippen molar-refractivity contribution in [2.75, 3.05) is 31.6 Å². The Bertz CT molecular complexity index is 614. The molecule has 1 aliphatic rings. The molecule has 20 heavy (non-hydrogen) atoms. The number of imidazole rings is 1. The standard InChI is InChI=1S/C12H17N5O2S/c1-13-8-9-2-4-15(5-3-9)10-11(17(18)19)16-6-7-20-12(16)14-10/h6-7,9,13H,2-5,8H2,1H3. The lowest BCUT2D eigenvalue weighted by atomic mass is 9.97. The number of hydrogen-bond acceptors (Lipinski definition) is 6. The van der Waals surface area contributed by atoms with E-state index >= 15 is 0 Å². The van der Waals surface area contributed by atoms with Gasteiger partial charge in [-0.15, -0.1) is 0 Å². The van der Waals surface area contributed by atoms with E-state index in [1.165, 1.54) is 11.3 Å². The highest BCUT2D eigenvalue weighted by Gasteiger charge is 2.30. The number of nitrogens with one attached hydrogen (secondary N) is 1. The summed E-state index contributed by atoms with van der Waals surface area (Å²) in [6.07, 6.45) is 3.80. The molecule has 8 heteroatoms. The molecule has 1 N–H and O–H groups in total. The molecule has 0 bridgehead atoms. The normalized spacial score (nSPS) is 16.9. The summed E-state index contributed by atoms with van der Waals surface area (Å²) >= 11 is 1.42. The van der Waals surface area contributed by atoms with E-state index in [1.807, 2.05) is 17.3 Å². The second-order valence-corrected chi connectivity index (χ2v) is 5.93. The van der Waals surface area contributed by atoms with Crippen LogP contribution in [0.1, 0.15) is 12.8 Å². The highest BCUT2D eigenvalue weighted by Crippen LogP contribution is 2.33. The van der Waals surface area contributed by atoms with Gasteiger partial charge < -0.3 is 20.3 Å². The second kappa shape index (κ2) is 5.37. The van der Waals surface area contributed by atoms with E-state index in [9.17, 15) is 10.1 Å². The third kappa shape index (κ3) is 2.25. The van der Waals surface area contributed by atoms with Gasteiger partial charge in [0.2, 0.25) is 5.82 Å². The van der Waals surface area contributed by atoms with Crippen molar-refractivity contribution in [1.82, 2.24) is 14.7 Å². The van der Waals surface area contributed by atoms with Crippen molar-refractivity contribution in [2.45, 2.75) is 12.8 Å². The number of hydrogen-bond donors (Lipinski definition) is 1. The van der Waals surface area contributed by atoms with Crippen molar-refractivity contribution in [1.29, 1.82) is 0 Å². The number of thiazole rings is 1. The van der Waals surface area contributed by atoms with Gasteiger partial charge in [-0.25, -0.2) is 0 Å². The molecule has 1 saturated heterocycles. The Morgan fingerprint density at radius 2 is 2.30 bits per heavy atom. The van der Waals surface area contributed by atoms with Crippen LogP contribution in [-0.4, -0.2) is 41.0 Å². The molecule has 0 amide bonds. The minimum atomic E-state index is -0.332. The van der Waals surface area contributed by atoms with Crippen LogP contribution in [0.5, 0.6) is 0 Å². The molecule has 108 valence electrons. The zero-order valence-corrected chi connectivity index (χ0v) is 12.1. The highest BCUT2D eigenvalue weighted by molar-refractivity contribution is 7.15. The van der Waals surface area contributed by atoms with Crippen LogP contribution in [-0.2, 0) is 0 Å². The van der Waals surface area contributed by atoms with E-state index in [4.69, 9.17) is 0 Å². The molecule has 2 aromatic heterocycles. The fourth-order valence-electron chi connectivity index (χ4n) is 2.78. The number of aromatic nitrogens is 2. The van der Waals surface area contributed by atoms with Crippen LogP contribution >= 0.6 is 11.3 Å². The summed E-state index contributed by atoms with van der Waals surface area (Å²) in [5.74, 6) is 1.26. The molecule has 0 aliphatic carbocycles. The molecule has 0 saturated carbocycles. The summed E-state index contributed by atoms with van der Waals surface area (Å²) in [4.78, 5) is 18.2. The zero-order chi connectivity index (χ0) is 14.1. The molecule has 0 spiro atoms. The summed E-state index contributed by atoms with van der Waals surface area (Å²) in [6, 6.07) is 0. The van der Waals surface area contributed by atoms with Crippen LogP contribution < -0.4 is 10.2 Å². The topological polar surface area (TPSA) is 75.7 Å². The van der Waals surface area contributed by atoms with Gasteiger partial charge in [-0.2, -0.15) is 9.38 Å². The third-order valence-corrected chi connectivity index (χ3v) is 4.56. The number of rotatable bonds is 4. The molecule has 7 nitrogen and oxygen atoms in total. The predicted molar refractivity (Wildman–Crippen MR) is 78.6 cm³/mol. The van der Waals surface area contributed by atoms with Gasteiger partial charge in [0, 0.05) is 18.5 Å². The molecule has 1 aliphatic heterocycles. The Morgan fingerprint density at radius 3 is 2.95 bits per heavy atom. The summed E-state index contributed by atoms with van der Waals surface area (Å²) in [6.45, 7) is 2.67. The van der Waals surface area contributed by atoms with Gasteiger partial charge in [0.1, 0.15) is 6.20 Å². The van der Waals surface area contributed by atoms with Gasteiger partial charge in [-0.3, -0.25) is 0 Å². The molecule has 1 fully saturated rings. The first-order valence-electron chi connectivity index (χ1n) is 6.70. The lowest BCUT2D eigenvalue weighted by Crippen LogP contribution is -2.37. The van der Waals surface area contributed by atoms with Crippen LogP contribution in [0.2, 0.25) is 0 Å². The smallest absolute Gasteiger partial charge is 0.358 e. The summed E-state index contributed by atoms with van der Waals surface area (Å²) in [5, 5.41) is 16.3. The number of anilines is 1. The molecule has 2 aromatic rings. The maximum absolute atomic E-state index is 11.3. The van der Waals surface area contributed by atoms with Gasteiger partial charge >= 0.3 is 5.82 Å². The van der Waals surface area contributed by atoms with Crippen molar-refractivity contribution >= 4 is 27.9 Å². The Labute approximate surface area is 120 Å². The molecule has 0 atom stereocenters. The molecule has 0 aromatic carbocycles. The molecular formula is C12H17N5O2S. The number of piperidine rings is 1. The molecule has 3 heterocycles. The number of nitrogens with zero attached hydrogens (tertiary/aromatic N) is 4. The largest absolute Gasteiger partial charge is 0.373 e. The van der Waals surface area contributed by atoms with E-state index in [0.29, 0.717) is 16.7 Å². The van der Waals surface area contributed by atoms with Crippen LogP contribution in [0.25, 0.3) is 4.96 Å². The van der Waals surface area contributed by atoms with Crippen LogP contribution in [0.3, 0.4) is 0 Å². The van der Waals surface area contributed by atoms with Gasteiger partial charge in [0.15, 0.2) is 0 Å². The van der Waals surface area contributed by atoms with E-state index in [0.717, 1.165) is 32.5 Å². The minimum Gasteiger partial charge on any atom is -0.358 e. The van der Waals surface area contributed by atoms with Crippen molar-refractivity contribution in [3.63, 3.8) is 0 Å². The van der Waals surface area contributed by atoms with Crippen molar-refractivity contribution in [2.24, 2.45) is 5.92 Å². The fraction of sp³-hybridized carbons (Fsp3) is 0.583. The zero-order valence-electron chi connectivity index (χ0n) is 11.3. The maximum atomic E-state index is 11.3. The first-order valence-corrected chi connectivity index (χ1v) is 7.58. The van der Waals surface area contributed by atoms with Crippen LogP contribution in [0.4, 0.5) is 11.6 Å². The van der Waals surface area contributed by atoms with Crippen molar-refractivity contribution < 1.29 is 4.92 Å². The highest BCUT2D eigenvalue weighted by atomic mass is 32.1.